The first kappa shape index (κ1) is 22.3. The van der Waals surface area contributed by atoms with E-state index < -0.39 is 0 Å². The molecule has 1 atom stereocenters. The lowest BCUT2D eigenvalue weighted by Gasteiger charge is -2.29. The minimum Gasteiger partial charge on any atom is -0.339 e. The molecule has 1 unspecified atom stereocenters. The minimum absolute atomic E-state index is 0.0212. The Balaban J connectivity index is 2.18. The smallest absolute Gasteiger partial charge is 0.232 e. The zero-order chi connectivity index (χ0) is 20.7. The van der Waals surface area contributed by atoms with Gasteiger partial charge in [-0.15, -0.1) is 0 Å². The first-order valence-corrected chi connectivity index (χ1v) is 11.4. The second-order valence-corrected chi connectivity index (χ2v) is 12.2. The van der Waals surface area contributed by atoms with Gasteiger partial charge in [0.15, 0.2) is 5.82 Å². The Morgan fingerprint density at radius 2 is 1.48 bits per heavy atom. The predicted octanol–water partition coefficient (Wildman–Crippen LogP) is 5.85. The van der Waals surface area contributed by atoms with Gasteiger partial charge < -0.3 is 4.52 Å². The van der Waals surface area contributed by atoms with Gasteiger partial charge in [0.2, 0.25) is 5.89 Å². The van der Waals surface area contributed by atoms with Crippen molar-refractivity contribution < 1.29 is 4.52 Å². The standard InChI is InChI=1S/C20H34N4OS2/c1-17(2,3)13-22-16(27-24-13)19(7,8)11-12-20(9,26-10)14-21-15(25-23-14)18(4,5)6/h11-12H2,1-10H3. The fourth-order valence-electron chi connectivity index (χ4n) is 2.51. The Bertz CT molecular complexity index is 768. The van der Waals surface area contributed by atoms with Crippen LogP contribution in [0.2, 0.25) is 0 Å². The molecule has 7 heteroatoms. The Labute approximate surface area is 172 Å². The van der Waals surface area contributed by atoms with Gasteiger partial charge in [-0.25, -0.2) is 4.98 Å². The highest BCUT2D eigenvalue weighted by Gasteiger charge is 2.37. The summed E-state index contributed by atoms with van der Waals surface area (Å²) in [6.07, 6.45) is 4.03. The third kappa shape index (κ3) is 5.11. The van der Waals surface area contributed by atoms with Gasteiger partial charge >= 0.3 is 0 Å². The van der Waals surface area contributed by atoms with Crippen molar-refractivity contribution in [2.75, 3.05) is 6.26 Å². The fourth-order valence-corrected chi connectivity index (χ4v) is 4.04. The molecule has 0 fully saturated rings. The number of thioether (sulfide) groups is 1. The van der Waals surface area contributed by atoms with Crippen LogP contribution in [0.4, 0.5) is 0 Å². The molecule has 0 amide bonds. The second-order valence-electron chi connectivity index (χ2n) is 10.2. The highest BCUT2D eigenvalue weighted by molar-refractivity contribution is 7.99. The summed E-state index contributed by atoms with van der Waals surface area (Å²) < 4.78 is 9.94. The summed E-state index contributed by atoms with van der Waals surface area (Å²) in [4.78, 5) is 9.55. The molecule has 2 rings (SSSR count). The summed E-state index contributed by atoms with van der Waals surface area (Å²) in [6, 6.07) is 0. The molecular weight excluding hydrogens is 376 g/mol. The highest BCUT2D eigenvalue weighted by atomic mass is 32.2. The first-order valence-electron chi connectivity index (χ1n) is 9.43. The zero-order valence-electron chi connectivity index (χ0n) is 18.4. The van der Waals surface area contributed by atoms with Gasteiger partial charge in [0.05, 0.1) is 4.75 Å². The summed E-state index contributed by atoms with van der Waals surface area (Å²) in [5.41, 5.74) is -0.207. The van der Waals surface area contributed by atoms with Crippen LogP contribution in [0.15, 0.2) is 4.52 Å². The van der Waals surface area contributed by atoms with Crippen molar-refractivity contribution in [3.8, 4) is 0 Å². The van der Waals surface area contributed by atoms with Gasteiger partial charge in [0.1, 0.15) is 10.8 Å². The van der Waals surface area contributed by atoms with Crippen LogP contribution in [-0.4, -0.2) is 25.8 Å². The summed E-state index contributed by atoms with van der Waals surface area (Å²) >= 11 is 3.30. The van der Waals surface area contributed by atoms with E-state index in [1.807, 2.05) is 0 Å². The quantitative estimate of drug-likeness (QED) is 0.595. The summed E-state index contributed by atoms with van der Waals surface area (Å²) in [7, 11) is 0. The van der Waals surface area contributed by atoms with Crippen LogP contribution < -0.4 is 0 Å². The summed E-state index contributed by atoms with van der Waals surface area (Å²) in [5, 5.41) is 5.40. The number of nitrogens with zero attached hydrogens (tertiary/aromatic N) is 4. The molecule has 0 saturated heterocycles. The lowest BCUT2D eigenvalue weighted by Crippen LogP contribution is -2.26. The van der Waals surface area contributed by atoms with E-state index in [2.05, 4.69) is 78.1 Å². The lowest BCUT2D eigenvalue weighted by atomic mass is 9.85. The molecule has 0 aromatic carbocycles. The normalized spacial score (nSPS) is 15.8. The molecule has 0 radical (unpaired) electrons. The molecule has 2 heterocycles. The molecule has 0 aliphatic rings. The summed E-state index contributed by atoms with van der Waals surface area (Å²) in [5.74, 6) is 2.40. The topological polar surface area (TPSA) is 64.7 Å². The van der Waals surface area contributed by atoms with Crippen molar-refractivity contribution in [1.29, 1.82) is 0 Å². The molecule has 0 aliphatic heterocycles. The highest BCUT2D eigenvalue weighted by Crippen LogP contribution is 2.42. The third-order valence-electron chi connectivity index (χ3n) is 4.89. The van der Waals surface area contributed by atoms with E-state index in [9.17, 15) is 0 Å². The molecule has 27 heavy (non-hydrogen) atoms. The molecule has 0 aliphatic carbocycles. The van der Waals surface area contributed by atoms with E-state index in [0.717, 1.165) is 29.5 Å². The van der Waals surface area contributed by atoms with Gasteiger partial charge in [-0.3, -0.25) is 0 Å². The lowest BCUT2D eigenvalue weighted by molar-refractivity contribution is 0.314. The minimum atomic E-state index is -0.193. The molecule has 0 saturated carbocycles. The van der Waals surface area contributed by atoms with Crippen molar-refractivity contribution in [1.82, 2.24) is 19.5 Å². The van der Waals surface area contributed by atoms with Crippen molar-refractivity contribution in [3.05, 3.63) is 22.5 Å². The van der Waals surface area contributed by atoms with E-state index in [4.69, 9.17) is 14.5 Å². The van der Waals surface area contributed by atoms with E-state index in [-0.39, 0.29) is 21.0 Å². The van der Waals surface area contributed by atoms with Crippen LogP contribution in [0.5, 0.6) is 0 Å². The van der Waals surface area contributed by atoms with Crippen LogP contribution in [0.25, 0.3) is 0 Å². The number of rotatable bonds is 6. The summed E-state index contributed by atoms with van der Waals surface area (Å²) in [6.45, 7) is 19.4. The molecular formula is C20H34N4OS2. The molecule has 2 aromatic rings. The maximum atomic E-state index is 5.54. The maximum Gasteiger partial charge on any atom is 0.232 e. The number of aromatic nitrogens is 4. The SMILES string of the molecule is CSC(C)(CCC(C)(C)c1nc(C(C)(C)C)ns1)c1noc(C(C)(C)C)n1. The molecule has 5 nitrogen and oxygen atoms in total. The van der Waals surface area contributed by atoms with Crippen LogP contribution in [0.3, 0.4) is 0 Å². The molecule has 2 aromatic heterocycles. The van der Waals surface area contributed by atoms with E-state index >= 15 is 0 Å². The Morgan fingerprint density at radius 1 is 0.852 bits per heavy atom. The average molecular weight is 411 g/mol. The fraction of sp³-hybridized carbons (Fsp3) is 0.800. The van der Waals surface area contributed by atoms with Gasteiger partial charge in [-0.2, -0.15) is 21.1 Å². The monoisotopic (exact) mass is 410 g/mol. The average Bonchev–Trinajstić information content (AvgIpc) is 3.20. The van der Waals surface area contributed by atoms with Crippen molar-refractivity contribution in [2.45, 2.75) is 96.1 Å². The first-order chi connectivity index (χ1) is 12.2. The van der Waals surface area contributed by atoms with Gasteiger partial charge in [0.25, 0.3) is 0 Å². The van der Waals surface area contributed by atoms with Crippen LogP contribution in [0.1, 0.15) is 97.7 Å². The van der Waals surface area contributed by atoms with Crippen LogP contribution in [0, 0.1) is 0 Å². The number of hydrogen-bond donors (Lipinski definition) is 0. The van der Waals surface area contributed by atoms with Gasteiger partial charge in [-0.1, -0.05) is 60.5 Å². The maximum absolute atomic E-state index is 5.54. The molecule has 0 bridgehead atoms. The van der Waals surface area contributed by atoms with Crippen molar-refractivity contribution in [2.24, 2.45) is 0 Å². The largest absolute Gasteiger partial charge is 0.339 e. The van der Waals surface area contributed by atoms with Gasteiger partial charge in [0, 0.05) is 16.2 Å². The number of hydrogen-bond acceptors (Lipinski definition) is 7. The molecule has 152 valence electrons. The van der Waals surface area contributed by atoms with Gasteiger partial charge in [-0.05, 0) is 37.6 Å². The van der Waals surface area contributed by atoms with E-state index in [1.54, 1.807) is 11.8 Å². The zero-order valence-corrected chi connectivity index (χ0v) is 20.1. The third-order valence-corrected chi connectivity index (χ3v) is 7.26. The van der Waals surface area contributed by atoms with Crippen LogP contribution in [-0.2, 0) is 21.0 Å². The van der Waals surface area contributed by atoms with Crippen molar-refractivity contribution in [3.63, 3.8) is 0 Å². The second kappa shape index (κ2) is 7.47. The predicted molar refractivity (Wildman–Crippen MR) is 115 cm³/mol. The Morgan fingerprint density at radius 3 is 1.93 bits per heavy atom. The van der Waals surface area contributed by atoms with E-state index in [1.165, 1.54) is 11.5 Å². The Hall–Kier alpha value is -0.950. The van der Waals surface area contributed by atoms with Crippen molar-refractivity contribution >= 4 is 23.3 Å². The molecule has 0 N–H and O–H groups in total. The molecule has 0 spiro atoms. The van der Waals surface area contributed by atoms with Crippen LogP contribution >= 0.6 is 23.3 Å². The Kier molecular flexibility index (Phi) is 6.18. The van der Waals surface area contributed by atoms with E-state index in [0.29, 0.717) is 5.89 Å².